The molecule has 0 aliphatic carbocycles. The summed E-state index contributed by atoms with van der Waals surface area (Å²) in [7, 11) is -2.78. The van der Waals surface area contributed by atoms with E-state index in [2.05, 4.69) is 5.32 Å². The molecule has 0 bridgehead atoms. The Morgan fingerprint density at radius 3 is 2.38 bits per heavy atom. The molecule has 0 aromatic rings. The molecule has 0 spiro atoms. The monoisotopic (exact) mass is 208 g/mol. The molecule has 4 nitrogen and oxygen atoms in total. The van der Waals surface area contributed by atoms with E-state index < -0.39 is 9.84 Å². The molecule has 3 N–H and O–H groups in total. The lowest BCUT2D eigenvalue weighted by atomic mass is 10.4. The summed E-state index contributed by atoms with van der Waals surface area (Å²) in [6.07, 6.45) is 1.64. The quantitative estimate of drug-likeness (QED) is 0.540. The first-order valence-corrected chi connectivity index (χ1v) is 6.55. The summed E-state index contributed by atoms with van der Waals surface area (Å²) in [5, 5.41) is 3.14. The Hall–Kier alpha value is -0.130. The van der Waals surface area contributed by atoms with E-state index in [1.807, 2.05) is 0 Å². The van der Waals surface area contributed by atoms with E-state index in [9.17, 15) is 8.42 Å². The molecule has 0 amide bonds. The average molecular weight is 208 g/mol. The van der Waals surface area contributed by atoms with E-state index in [1.165, 1.54) is 0 Å². The molecule has 0 radical (unpaired) electrons. The summed E-state index contributed by atoms with van der Waals surface area (Å²) in [5.74, 6) is 0.537. The van der Waals surface area contributed by atoms with Gasteiger partial charge in [0.15, 0.2) is 0 Å². The van der Waals surface area contributed by atoms with Crippen LogP contribution in [0.2, 0.25) is 0 Å². The topological polar surface area (TPSA) is 72.2 Å². The van der Waals surface area contributed by atoms with Gasteiger partial charge in [-0.3, -0.25) is 0 Å². The lowest BCUT2D eigenvalue weighted by Gasteiger charge is -2.03. The second-order valence-corrected chi connectivity index (χ2v) is 5.45. The van der Waals surface area contributed by atoms with Crippen molar-refractivity contribution in [3.8, 4) is 0 Å². The SMILES string of the molecule is CCS(=O)(=O)CCCNCCCN. The van der Waals surface area contributed by atoms with E-state index in [4.69, 9.17) is 5.73 Å². The minimum absolute atomic E-state index is 0.246. The zero-order valence-corrected chi connectivity index (χ0v) is 9.07. The van der Waals surface area contributed by atoms with Gasteiger partial charge in [0, 0.05) is 5.75 Å². The van der Waals surface area contributed by atoms with Crippen molar-refractivity contribution < 1.29 is 8.42 Å². The highest BCUT2D eigenvalue weighted by molar-refractivity contribution is 7.91. The van der Waals surface area contributed by atoms with Gasteiger partial charge in [0.25, 0.3) is 0 Å². The maximum absolute atomic E-state index is 11.0. The van der Waals surface area contributed by atoms with Crippen LogP contribution < -0.4 is 11.1 Å². The highest BCUT2D eigenvalue weighted by Crippen LogP contribution is 1.91. The van der Waals surface area contributed by atoms with E-state index in [0.717, 1.165) is 19.5 Å². The van der Waals surface area contributed by atoms with Crippen LogP contribution in [0.25, 0.3) is 0 Å². The highest BCUT2D eigenvalue weighted by atomic mass is 32.2. The fraction of sp³-hybridized carbons (Fsp3) is 1.00. The molecule has 0 saturated heterocycles. The van der Waals surface area contributed by atoms with E-state index >= 15 is 0 Å². The molecule has 13 heavy (non-hydrogen) atoms. The fourth-order valence-electron chi connectivity index (χ4n) is 0.913. The molecular weight excluding hydrogens is 188 g/mol. The van der Waals surface area contributed by atoms with Crippen molar-refractivity contribution in [3.63, 3.8) is 0 Å². The van der Waals surface area contributed by atoms with Gasteiger partial charge >= 0.3 is 0 Å². The van der Waals surface area contributed by atoms with E-state index in [0.29, 0.717) is 18.7 Å². The van der Waals surface area contributed by atoms with Crippen LogP contribution in [0.4, 0.5) is 0 Å². The van der Waals surface area contributed by atoms with Gasteiger partial charge in [0.05, 0.1) is 5.75 Å². The van der Waals surface area contributed by atoms with Crippen LogP contribution in [0.1, 0.15) is 19.8 Å². The van der Waals surface area contributed by atoms with Gasteiger partial charge in [0.2, 0.25) is 0 Å². The third kappa shape index (κ3) is 8.21. The second-order valence-electron chi connectivity index (χ2n) is 2.98. The molecule has 0 aliphatic rings. The smallest absolute Gasteiger partial charge is 0.150 e. The molecule has 0 aliphatic heterocycles. The maximum atomic E-state index is 11.0. The Bertz CT molecular complexity index is 202. The summed E-state index contributed by atoms with van der Waals surface area (Å²) in [4.78, 5) is 0. The summed E-state index contributed by atoms with van der Waals surface area (Å²) < 4.78 is 22.1. The fourth-order valence-corrected chi connectivity index (χ4v) is 1.79. The summed E-state index contributed by atoms with van der Waals surface area (Å²) >= 11 is 0. The molecule has 0 fully saturated rings. The van der Waals surface area contributed by atoms with Crippen molar-refractivity contribution >= 4 is 9.84 Å². The van der Waals surface area contributed by atoms with Gasteiger partial charge in [-0.2, -0.15) is 0 Å². The van der Waals surface area contributed by atoms with Crippen LogP contribution >= 0.6 is 0 Å². The van der Waals surface area contributed by atoms with Crippen molar-refractivity contribution in [1.29, 1.82) is 0 Å². The molecule has 0 saturated carbocycles. The zero-order chi connectivity index (χ0) is 10.2. The minimum Gasteiger partial charge on any atom is -0.330 e. The maximum Gasteiger partial charge on any atom is 0.150 e. The van der Waals surface area contributed by atoms with Gasteiger partial charge in [-0.25, -0.2) is 8.42 Å². The lowest BCUT2D eigenvalue weighted by Crippen LogP contribution is -2.21. The highest BCUT2D eigenvalue weighted by Gasteiger charge is 2.05. The van der Waals surface area contributed by atoms with E-state index in [1.54, 1.807) is 6.92 Å². The molecule has 0 heterocycles. The first-order chi connectivity index (χ1) is 6.12. The van der Waals surface area contributed by atoms with Crippen LogP contribution in [0, 0.1) is 0 Å². The van der Waals surface area contributed by atoms with Crippen LogP contribution in [0.3, 0.4) is 0 Å². The average Bonchev–Trinajstić information content (AvgIpc) is 2.11. The lowest BCUT2D eigenvalue weighted by molar-refractivity contribution is 0.588. The Morgan fingerprint density at radius 2 is 1.85 bits per heavy atom. The molecule has 0 rings (SSSR count). The second kappa shape index (κ2) is 7.29. The number of hydrogen-bond donors (Lipinski definition) is 2. The van der Waals surface area contributed by atoms with Crippen LogP contribution in [0.15, 0.2) is 0 Å². The zero-order valence-electron chi connectivity index (χ0n) is 8.25. The van der Waals surface area contributed by atoms with Gasteiger partial charge in [0.1, 0.15) is 9.84 Å². The van der Waals surface area contributed by atoms with Crippen molar-refractivity contribution in [2.45, 2.75) is 19.8 Å². The Balaban J connectivity index is 3.26. The molecular formula is C8H20N2O2S. The normalized spacial score (nSPS) is 11.8. The van der Waals surface area contributed by atoms with Crippen LogP contribution in [-0.2, 0) is 9.84 Å². The van der Waals surface area contributed by atoms with Crippen molar-refractivity contribution in [1.82, 2.24) is 5.32 Å². The largest absolute Gasteiger partial charge is 0.330 e. The van der Waals surface area contributed by atoms with Gasteiger partial charge in [-0.15, -0.1) is 0 Å². The third-order valence-electron chi connectivity index (χ3n) is 1.81. The number of rotatable bonds is 8. The summed E-state index contributed by atoms with van der Waals surface area (Å²) in [6.45, 7) is 4.00. The van der Waals surface area contributed by atoms with Gasteiger partial charge in [-0.05, 0) is 32.5 Å². The molecule has 0 aromatic heterocycles. The van der Waals surface area contributed by atoms with Crippen LogP contribution in [0.5, 0.6) is 0 Å². The molecule has 0 aromatic carbocycles. The number of nitrogens with one attached hydrogen (secondary N) is 1. The van der Waals surface area contributed by atoms with E-state index in [-0.39, 0.29) is 5.75 Å². The number of sulfone groups is 1. The molecule has 80 valence electrons. The minimum atomic E-state index is -2.78. The van der Waals surface area contributed by atoms with Crippen LogP contribution in [-0.4, -0.2) is 39.6 Å². The first-order valence-electron chi connectivity index (χ1n) is 4.73. The molecule has 5 heteroatoms. The number of hydrogen-bond acceptors (Lipinski definition) is 4. The first kappa shape index (κ1) is 12.9. The van der Waals surface area contributed by atoms with Crippen molar-refractivity contribution in [2.75, 3.05) is 31.1 Å². The Kier molecular flexibility index (Phi) is 7.22. The van der Waals surface area contributed by atoms with Crippen molar-refractivity contribution in [3.05, 3.63) is 0 Å². The number of nitrogens with two attached hydrogens (primary N) is 1. The van der Waals surface area contributed by atoms with Crippen molar-refractivity contribution in [2.24, 2.45) is 5.73 Å². The summed E-state index contributed by atoms with van der Waals surface area (Å²) in [5.41, 5.74) is 5.30. The van der Waals surface area contributed by atoms with Gasteiger partial charge < -0.3 is 11.1 Å². The standard InChI is InChI=1S/C8H20N2O2S/c1-2-13(11,12)8-4-7-10-6-3-5-9/h10H,2-9H2,1H3. The molecule has 0 atom stereocenters. The Morgan fingerprint density at radius 1 is 1.23 bits per heavy atom. The molecule has 0 unspecified atom stereocenters. The Labute approximate surface area is 80.8 Å². The van der Waals surface area contributed by atoms with Gasteiger partial charge in [-0.1, -0.05) is 6.92 Å². The summed E-state index contributed by atoms with van der Waals surface area (Å²) in [6, 6.07) is 0. The predicted molar refractivity (Wildman–Crippen MR) is 55.5 cm³/mol. The third-order valence-corrected chi connectivity index (χ3v) is 3.60. The predicted octanol–water partition coefficient (Wildman–Crippen LogP) is -0.250.